The summed E-state index contributed by atoms with van der Waals surface area (Å²) < 4.78 is 17.6. The third-order valence-corrected chi connectivity index (χ3v) is 7.70. The molecule has 0 spiro atoms. The SMILES string of the molecule is COc1cccc(C2/C(=C(\O)c3ccc4c(c3)OCCO4)C(=O)C(=O)N2c2nc3c(C)cc(C)cc3s2)c1. The summed E-state index contributed by atoms with van der Waals surface area (Å²) in [5.74, 6) is -0.281. The average Bonchev–Trinajstić information content (AvgIpc) is 3.46. The minimum atomic E-state index is -0.916. The van der Waals surface area contributed by atoms with Gasteiger partial charge in [-0.25, -0.2) is 4.98 Å². The van der Waals surface area contributed by atoms with Crippen LogP contribution < -0.4 is 19.1 Å². The summed E-state index contributed by atoms with van der Waals surface area (Å²) in [6.07, 6.45) is 0. The zero-order chi connectivity index (χ0) is 26.6. The molecule has 0 bridgehead atoms. The molecule has 1 amide bonds. The van der Waals surface area contributed by atoms with Gasteiger partial charge < -0.3 is 19.3 Å². The molecule has 6 rings (SSSR count). The van der Waals surface area contributed by atoms with Crippen LogP contribution in [0.1, 0.15) is 28.3 Å². The third-order valence-electron chi connectivity index (χ3n) is 6.69. The van der Waals surface area contributed by atoms with Gasteiger partial charge in [-0.15, -0.1) is 0 Å². The fourth-order valence-corrected chi connectivity index (χ4v) is 6.13. The molecule has 1 unspecified atom stereocenters. The number of aryl methyl sites for hydroxylation is 2. The summed E-state index contributed by atoms with van der Waals surface area (Å²) in [6.45, 7) is 4.78. The number of hydrogen-bond donors (Lipinski definition) is 1. The lowest BCUT2D eigenvalue weighted by Crippen LogP contribution is -2.29. The smallest absolute Gasteiger partial charge is 0.301 e. The molecule has 9 heteroatoms. The Kier molecular flexibility index (Phi) is 5.80. The number of methoxy groups -OCH3 is 1. The van der Waals surface area contributed by atoms with Gasteiger partial charge in [0.25, 0.3) is 5.78 Å². The van der Waals surface area contributed by atoms with E-state index < -0.39 is 17.7 Å². The van der Waals surface area contributed by atoms with Crippen LogP contribution >= 0.6 is 11.3 Å². The van der Waals surface area contributed by atoms with E-state index in [0.717, 1.165) is 21.3 Å². The highest BCUT2D eigenvalue weighted by atomic mass is 32.1. The Morgan fingerprint density at radius 1 is 1.05 bits per heavy atom. The van der Waals surface area contributed by atoms with Crippen molar-refractivity contribution < 1.29 is 28.9 Å². The summed E-state index contributed by atoms with van der Waals surface area (Å²) in [5, 5.41) is 11.9. The fourth-order valence-electron chi connectivity index (χ4n) is 4.96. The van der Waals surface area contributed by atoms with Crippen molar-refractivity contribution in [1.29, 1.82) is 0 Å². The monoisotopic (exact) mass is 528 g/mol. The van der Waals surface area contributed by atoms with Crippen molar-refractivity contribution in [1.82, 2.24) is 4.98 Å². The zero-order valence-electron chi connectivity index (χ0n) is 21.0. The number of rotatable bonds is 4. The normalized spacial score (nSPS) is 18.3. The Labute approximate surface area is 222 Å². The number of nitrogens with zero attached hydrogens (tertiary/aromatic N) is 2. The van der Waals surface area contributed by atoms with Gasteiger partial charge in [-0.3, -0.25) is 14.5 Å². The first-order chi connectivity index (χ1) is 18.4. The van der Waals surface area contributed by atoms with Gasteiger partial charge in [0.05, 0.1) is 28.9 Å². The van der Waals surface area contributed by atoms with Crippen molar-refractivity contribution in [2.75, 3.05) is 25.2 Å². The van der Waals surface area contributed by atoms with E-state index in [-0.39, 0.29) is 11.3 Å². The van der Waals surface area contributed by atoms with Crippen LogP contribution in [-0.4, -0.2) is 42.1 Å². The van der Waals surface area contributed by atoms with Gasteiger partial charge in [0, 0.05) is 5.56 Å². The summed E-state index contributed by atoms with van der Waals surface area (Å²) in [5.41, 5.74) is 3.75. The lowest BCUT2D eigenvalue weighted by molar-refractivity contribution is -0.132. The molecule has 2 aliphatic heterocycles. The molecule has 3 aromatic carbocycles. The van der Waals surface area contributed by atoms with Gasteiger partial charge in [-0.2, -0.15) is 0 Å². The number of fused-ring (bicyclic) bond motifs is 2. The van der Waals surface area contributed by atoms with Crippen molar-refractivity contribution in [2.45, 2.75) is 19.9 Å². The van der Waals surface area contributed by atoms with Gasteiger partial charge in [0.15, 0.2) is 16.6 Å². The topological polar surface area (TPSA) is 98.2 Å². The number of aromatic nitrogens is 1. The molecule has 0 aliphatic carbocycles. The number of Topliss-reactive ketones (excluding diaryl/α,β-unsaturated/α-hetero) is 1. The number of ketones is 1. The zero-order valence-corrected chi connectivity index (χ0v) is 21.8. The van der Waals surface area contributed by atoms with E-state index in [1.54, 1.807) is 49.6 Å². The molecule has 0 saturated carbocycles. The maximum atomic E-state index is 13.6. The van der Waals surface area contributed by atoms with Gasteiger partial charge in [-0.05, 0) is 66.9 Å². The number of hydrogen-bond acceptors (Lipinski definition) is 8. The van der Waals surface area contributed by atoms with E-state index in [2.05, 4.69) is 0 Å². The maximum absolute atomic E-state index is 13.6. The largest absolute Gasteiger partial charge is 0.507 e. The van der Waals surface area contributed by atoms with E-state index in [4.69, 9.17) is 19.2 Å². The fraction of sp³-hybridized carbons (Fsp3) is 0.207. The first-order valence-electron chi connectivity index (χ1n) is 12.1. The minimum absolute atomic E-state index is 0.0351. The summed E-state index contributed by atoms with van der Waals surface area (Å²) in [6, 6.07) is 15.2. The number of ether oxygens (including phenoxy) is 3. The third kappa shape index (κ3) is 3.86. The van der Waals surface area contributed by atoms with E-state index in [9.17, 15) is 14.7 Å². The second-order valence-electron chi connectivity index (χ2n) is 9.23. The lowest BCUT2D eigenvalue weighted by atomic mass is 9.95. The van der Waals surface area contributed by atoms with Crippen LogP contribution in [0.2, 0.25) is 0 Å². The molecule has 4 aromatic rings. The van der Waals surface area contributed by atoms with E-state index in [1.807, 2.05) is 26.0 Å². The number of anilines is 1. The van der Waals surface area contributed by atoms with Crippen LogP contribution in [0.25, 0.3) is 16.0 Å². The number of aliphatic hydroxyl groups excluding tert-OH is 1. The quantitative estimate of drug-likeness (QED) is 0.218. The second kappa shape index (κ2) is 9.18. The van der Waals surface area contributed by atoms with Crippen molar-refractivity contribution in [3.8, 4) is 17.2 Å². The number of carbonyl (C=O) groups is 2. The van der Waals surface area contributed by atoms with Gasteiger partial charge in [0.2, 0.25) is 0 Å². The Hall–Kier alpha value is -4.37. The first kappa shape index (κ1) is 24.0. The van der Waals surface area contributed by atoms with Crippen molar-refractivity contribution in [3.05, 3.63) is 82.4 Å². The molecular weight excluding hydrogens is 504 g/mol. The van der Waals surface area contributed by atoms with Crippen LogP contribution in [0.3, 0.4) is 0 Å². The number of thiazole rings is 1. The highest BCUT2D eigenvalue weighted by molar-refractivity contribution is 7.22. The summed E-state index contributed by atoms with van der Waals surface area (Å²) >= 11 is 1.33. The summed E-state index contributed by atoms with van der Waals surface area (Å²) in [4.78, 5) is 33.3. The number of carbonyl (C=O) groups excluding carboxylic acids is 2. The maximum Gasteiger partial charge on any atom is 0.301 e. The molecule has 0 radical (unpaired) electrons. The highest BCUT2D eigenvalue weighted by Gasteiger charge is 2.48. The Morgan fingerprint density at radius 2 is 1.84 bits per heavy atom. The van der Waals surface area contributed by atoms with Gasteiger partial charge >= 0.3 is 5.91 Å². The van der Waals surface area contributed by atoms with Crippen molar-refractivity contribution in [2.24, 2.45) is 0 Å². The molecular formula is C29H24N2O6S. The Bertz CT molecular complexity index is 1660. The molecule has 8 nitrogen and oxygen atoms in total. The molecule has 1 N–H and O–H groups in total. The van der Waals surface area contributed by atoms with Crippen LogP contribution in [0, 0.1) is 13.8 Å². The van der Waals surface area contributed by atoms with E-state index in [1.165, 1.54) is 16.2 Å². The minimum Gasteiger partial charge on any atom is -0.507 e. The lowest BCUT2D eigenvalue weighted by Gasteiger charge is -2.23. The Balaban J connectivity index is 1.56. The molecule has 1 saturated heterocycles. The molecule has 1 atom stereocenters. The first-order valence-corrected chi connectivity index (χ1v) is 12.9. The number of benzene rings is 3. The molecule has 1 aromatic heterocycles. The van der Waals surface area contributed by atoms with Crippen LogP contribution in [0.5, 0.6) is 17.2 Å². The van der Waals surface area contributed by atoms with E-state index >= 15 is 0 Å². The standard InChI is InChI=1S/C29H24N2O6S/c1-15-11-16(2)24-22(12-15)38-29(30-24)31-25(17-5-4-6-19(13-17)35-3)23(27(33)28(31)34)26(32)18-7-8-20-21(14-18)37-10-9-36-20/h4-8,11-14,25,32H,9-10H2,1-3H3/b26-23+. The molecule has 2 aliphatic rings. The second-order valence-corrected chi connectivity index (χ2v) is 10.2. The number of aliphatic hydroxyl groups is 1. The van der Waals surface area contributed by atoms with Gasteiger partial charge in [0.1, 0.15) is 24.7 Å². The average molecular weight is 529 g/mol. The molecule has 192 valence electrons. The van der Waals surface area contributed by atoms with Crippen LogP contribution in [0.4, 0.5) is 5.13 Å². The molecule has 3 heterocycles. The van der Waals surface area contributed by atoms with Crippen molar-refractivity contribution >= 4 is 44.1 Å². The predicted octanol–water partition coefficient (Wildman–Crippen LogP) is 5.32. The Morgan fingerprint density at radius 3 is 2.63 bits per heavy atom. The predicted molar refractivity (Wildman–Crippen MR) is 144 cm³/mol. The van der Waals surface area contributed by atoms with Gasteiger partial charge in [-0.1, -0.05) is 29.5 Å². The number of amides is 1. The van der Waals surface area contributed by atoms with Crippen LogP contribution in [0.15, 0.2) is 60.2 Å². The molecule has 38 heavy (non-hydrogen) atoms. The molecule has 1 fully saturated rings. The highest BCUT2D eigenvalue weighted by Crippen LogP contribution is 2.46. The van der Waals surface area contributed by atoms with Crippen LogP contribution in [-0.2, 0) is 9.59 Å². The van der Waals surface area contributed by atoms with E-state index in [0.29, 0.717) is 46.7 Å². The van der Waals surface area contributed by atoms with Crippen molar-refractivity contribution in [3.63, 3.8) is 0 Å². The summed E-state index contributed by atoms with van der Waals surface area (Å²) in [7, 11) is 1.55.